The van der Waals surface area contributed by atoms with Crippen molar-refractivity contribution in [2.75, 3.05) is 5.75 Å². The van der Waals surface area contributed by atoms with Crippen LogP contribution in [0.15, 0.2) is 89.1 Å². The second-order valence-corrected chi connectivity index (χ2v) is 8.67. The van der Waals surface area contributed by atoms with Crippen LogP contribution >= 0.6 is 23.4 Å². The zero-order chi connectivity index (χ0) is 23.9. The van der Waals surface area contributed by atoms with Crippen LogP contribution in [0.1, 0.15) is 18.9 Å². The van der Waals surface area contributed by atoms with Gasteiger partial charge in [-0.15, -0.1) is 10.8 Å². The average Bonchev–Trinajstić information content (AvgIpc) is 3.29. The summed E-state index contributed by atoms with van der Waals surface area (Å²) in [4.78, 5) is 12.5. The third kappa shape index (κ3) is 5.65. The number of para-hydroxylation sites is 1. The van der Waals surface area contributed by atoms with E-state index in [2.05, 4.69) is 20.7 Å². The highest BCUT2D eigenvalue weighted by Crippen LogP contribution is 2.22. The highest BCUT2D eigenvalue weighted by atomic mass is 35.5. The predicted octanol–water partition coefficient (Wildman–Crippen LogP) is 4.10. The molecule has 34 heavy (non-hydrogen) atoms. The van der Waals surface area contributed by atoms with Crippen molar-refractivity contribution in [2.24, 2.45) is 5.10 Å². The Morgan fingerprint density at radius 2 is 1.79 bits per heavy atom. The van der Waals surface area contributed by atoms with Gasteiger partial charge in [-0.25, -0.2) is 5.43 Å². The normalized spacial score (nSPS) is 11.4. The fourth-order valence-corrected chi connectivity index (χ4v) is 4.19. The van der Waals surface area contributed by atoms with E-state index in [0.717, 1.165) is 22.6 Å². The average molecular weight is 492 g/mol. The standard InChI is InChI=1S/C25H22ClN5O2S/c1-2-22(17-10-14-21(32)15-11-17)27-28-23(33)16-34-25-30-29-24(18-8-12-19(26)13-9-18)31(25)20-6-4-3-5-7-20/h3-15H,2,16H2,1H3,(H2,27,28,32,33). The van der Waals surface area contributed by atoms with E-state index in [1.165, 1.54) is 23.9 Å². The van der Waals surface area contributed by atoms with Crippen molar-refractivity contribution >= 4 is 35.0 Å². The fourth-order valence-electron chi connectivity index (χ4n) is 3.30. The van der Waals surface area contributed by atoms with Crippen LogP contribution in [0.5, 0.6) is 5.75 Å². The van der Waals surface area contributed by atoms with Crippen molar-refractivity contribution < 1.29 is 14.5 Å². The van der Waals surface area contributed by atoms with Gasteiger partial charge in [0.2, 0.25) is 0 Å². The number of hydrogen-bond donors (Lipinski definition) is 2. The highest BCUT2D eigenvalue weighted by Gasteiger charge is 2.24. The second-order valence-electron chi connectivity index (χ2n) is 7.29. The van der Waals surface area contributed by atoms with Crippen molar-refractivity contribution in [1.82, 2.24) is 15.6 Å². The van der Waals surface area contributed by atoms with E-state index >= 15 is 0 Å². The lowest BCUT2D eigenvalue weighted by Crippen LogP contribution is -2.34. The van der Waals surface area contributed by atoms with Gasteiger partial charge in [0, 0.05) is 5.02 Å². The SMILES string of the molecule is CC/C(=N\NC(=O)CSc1n[nH]c(-c2ccc(Cl)cc2)[n+]1-c1ccccc1)c1ccc([O-])cc1. The number of H-pyrrole nitrogens is 1. The summed E-state index contributed by atoms with van der Waals surface area (Å²) in [6.45, 7) is 1.94. The molecule has 3 aromatic carbocycles. The lowest BCUT2D eigenvalue weighted by molar-refractivity contribution is -0.625. The maximum Gasteiger partial charge on any atom is 0.342 e. The zero-order valence-electron chi connectivity index (χ0n) is 18.4. The molecule has 9 heteroatoms. The molecule has 0 atom stereocenters. The molecule has 0 fully saturated rings. The molecule has 0 radical (unpaired) electrons. The van der Waals surface area contributed by atoms with Gasteiger partial charge in [0.25, 0.3) is 11.7 Å². The highest BCUT2D eigenvalue weighted by molar-refractivity contribution is 7.99. The first kappa shape index (κ1) is 23.5. The van der Waals surface area contributed by atoms with Crippen LogP contribution in [0, 0.1) is 0 Å². The van der Waals surface area contributed by atoms with Crippen molar-refractivity contribution in [3.63, 3.8) is 0 Å². The maximum absolute atomic E-state index is 12.5. The van der Waals surface area contributed by atoms with Crippen LogP contribution in [0.3, 0.4) is 0 Å². The van der Waals surface area contributed by atoms with E-state index < -0.39 is 0 Å². The summed E-state index contributed by atoms with van der Waals surface area (Å²) < 4.78 is 1.96. The first-order chi connectivity index (χ1) is 16.5. The Balaban J connectivity index is 1.52. The number of rotatable bonds is 8. The Morgan fingerprint density at radius 3 is 2.47 bits per heavy atom. The van der Waals surface area contributed by atoms with Gasteiger partial charge in [-0.1, -0.05) is 61.0 Å². The Morgan fingerprint density at radius 1 is 1.09 bits per heavy atom. The van der Waals surface area contributed by atoms with E-state index in [1.807, 2.05) is 66.1 Å². The first-order valence-electron chi connectivity index (χ1n) is 10.6. The van der Waals surface area contributed by atoms with Gasteiger partial charge < -0.3 is 5.11 Å². The molecule has 2 N–H and O–H groups in total. The first-order valence-corrected chi connectivity index (χ1v) is 12.0. The molecule has 4 aromatic rings. The molecule has 1 aromatic heterocycles. The van der Waals surface area contributed by atoms with Crippen LogP contribution in [-0.4, -0.2) is 27.6 Å². The van der Waals surface area contributed by atoms with Crippen LogP contribution < -0.4 is 15.1 Å². The van der Waals surface area contributed by atoms with Gasteiger partial charge in [0.1, 0.15) is 5.69 Å². The van der Waals surface area contributed by atoms with Crippen molar-refractivity contribution in [3.8, 4) is 22.8 Å². The van der Waals surface area contributed by atoms with Gasteiger partial charge >= 0.3 is 5.16 Å². The molecule has 0 aliphatic carbocycles. The number of nitrogens with zero attached hydrogens (tertiary/aromatic N) is 3. The maximum atomic E-state index is 12.5. The molecule has 1 amide bonds. The van der Waals surface area contributed by atoms with E-state index in [0.29, 0.717) is 22.3 Å². The summed E-state index contributed by atoms with van der Waals surface area (Å²) in [5.74, 6) is 0.576. The monoisotopic (exact) mass is 491 g/mol. The largest absolute Gasteiger partial charge is 0.872 e. The van der Waals surface area contributed by atoms with Gasteiger partial charge in [-0.3, -0.25) is 4.79 Å². The Bertz CT molecular complexity index is 1290. The summed E-state index contributed by atoms with van der Waals surface area (Å²) in [6, 6.07) is 23.6. The van der Waals surface area contributed by atoms with Crippen molar-refractivity contribution in [3.05, 3.63) is 89.4 Å². The molecule has 0 unspecified atom stereocenters. The number of aromatic amines is 1. The summed E-state index contributed by atoms with van der Waals surface area (Å²) in [6.07, 6.45) is 0.615. The molecule has 0 saturated carbocycles. The topological polar surface area (TPSA) is 97.1 Å². The minimum absolute atomic E-state index is 0.0664. The number of halogens is 1. The second kappa shape index (κ2) is 11.0. The lowest BCUT2D eigenvalue weighted by atomic mass is 10.1. The summed E-state index contributed by atoms with van der Waals surface area (Å²) >= 11 is 7.35. The number of carbonyl (C=O) groups excluding carboxylic acids is 1. The minimum atomic E-state index is -0.257. The molecular weight excluding hydrogens is 470 g/mol. The Labute approximate surface area is 206 Å². The van der Waals surface area contributed by atoms with E-state index in [4.69, 9.17) is 11.6 Å². The van der Waals surface area contributed by atoms with Gasteiger partial charge in [-0.2, -0.15) is 9.67 Å². The molecule has 172 valence electrons. The van der Waals surface area contributed by atoms with Gasteiger partial charge in [0.15, 0.2) is 0 Å². The van der Waals surface area contributed by atoms with Gasteiger partial charge in [-0.05, 0) is 60.1 Å². The number of hydrogen-bond acceptors (Lipinski definition) is 5. The van der Waals surface area contributed by atoms with Crippen molar-refractivity contribution in [2.45, 2.75) is 18.5 Å². The molecule has 0 aliphatic heterocycles. The summed E-state index contributed by atoms with van der Waals surface area (Å²) in [5, 5.41) is 24.4. The van der Waals surface area contributed by atoms with Crippen LogP contribution in [0.2, 0.25) is 5.02 Å². The van der Waals surface area contributed by atoms with Crippen molar-refractivity contribution in [1.29, 1.82) is 0 Å². The van der Waals surface area contributed by atoms with E-state index in [1.54, 1.807) is 12.1 Å². The van der Waals surface area contributed by atoms with E-state index in [9.17, 15) is 9.90 Å². The number of amides is 1. The van der Waals surface area contributed by atoms with Crippen LogP contribution in [-0.2, 0) is 4.79 Å². The molecule has 0 aliphatic rings. The molecule has 0 saturated heterocycles. The fraction of sp³-hybridized carbons (Fsp3) is 0.120. The Kier molecular flexibility index (Phi) is 7.61. The van der Waals surface area contributed by atoms with E-state index in [-0.39, 0.29) is 17.4 Å². The molecule has 0 bridgehead atoms. The third-order valence-electron chi connectivity index (χ3n) is 4.97. The molecule has 1 heterocycles. The number of aromatic nitrogens is 3. The smallest absolute Gasteiger partial charge is 0.342 e. The summed E-state index contributed by atoms with van der Waals surface area (Å²) in [7, 11) is 0. The van der Waals surface area contributed by atoms with Crippen LogP contribution in [0.4, 0.5) is 0 Å². The number of nitrogens with one attached hydrogen (secondary N) is 2. The quantitative estimate of drug-likeness (QED) is 0.168. The Hall–Kier alpha value is -3.62. The minimum Gasteiger partial charge on any atom is -0.872 e. The number of thioether (sulfide) groups is 1. The molecule has 7 nitrogen and oxygen atoms in total. The third-order valence-corrected chi connectivity index (χ3v) is 6.17. The number of hydrazone groups is 1. The predicted molar refractivity (Wildman–Crippen MR) is 132 cm³/mol. The number of carbonyl (C=O) groups is 1. The summed E-state index contributed by atoms with van der Waals surface area (Å²) in [5.41, 5.74) is 5.94. The lowest BCUT2D eigenvalue weighted by Gasteiger charge is -2.08. The molecular formula is C25H22ClN5O2S. The van der Waals surface area contributed by atoms with Gasteiger partial charge in [0.05, 0.1) is 22.1 Å². The van der Waals surface area contributed by atoms with Crippen LogP contribution in [0.25, 0.3) is 17.1 Å². The number of benzene rings is 3. The molecule has 4 rings (SSSR count). The molecule has 0 spiro atoms. The zero-order valence-corrected chi connectivity index (χ0v) is 19.9.